The molecule has 0 saturated carbocycles. The number of aromatic amines is 1. The van der Waals surface area contributed by atoms with Gasteiger partial charge in [0.05, 0.1) is 6.61 Å². The summed E-state index contributed by atoms with van der Waals surface area (Å²) in [6.45, 7) is 3.11. The van der Waals surface area contributed by atoms with Gasteiger partial charge in [-0.1, -0.05) is 6.07 Å². The first-order valence-electron chi connectivity index (χ1n) is 6.94. The molecule has 7 nitrogen and oxygen atoms in total. The van der Waals surface area contributed by atoms with Crippen LogP contribution in [0.2, 0.25) is 0 Å². The van der Waals surface area contributed by atoms with Gasteiger partial charge >= 0.3 is 0 Å². The average molecular weight is 342 g/mol. The number of H-pyrrole nitrogens is 1. The quantitative estimate of drug-likeness (QED) is 0.883. The Kier molecular flexibility index (Phi) is 4.31. The summed E-state index contributed by atoms with van der Waals surface area (Å²) in [6.07, 6.45) is 0. The Morgan fingerprint density at radius 3 is 2.91 bits per heavy atom. The van der Waals surface area contributed by atoms with Crippen molar-refractivity contribution < 1.29 is 13.2 Å². The Morgan fingerprint density at radius 2 is 2.32 bits per heavy atom. The molecule has 0 radical (unpaired) electrons. The number of ether oxygens (including phenoxy) is 1. The lowest BCUT2D eigenvalue weighted by Crippen LogP contribution is -2.29. The molecule has 0 aromatic carbocycles. The fourth-order valence-corrected chi connectivity index (χ4v) is 5.43. The van der Waals surface area contributed by atoms with Gasteiger partial charge < -0.3 is 4.74 Å². The molecule has 0 spiro atoms. The lowest BCUT2D eigenvalue weighted by Gasteiger charge is -2.14. The second kappa shape index (κ2) is 6.07. The number of methoxy groups -OCH3 is 1. The van der Waals surface area contributed by atoms with Crippen LogP contribution in [0.3, 0.4) is 0 Å². The summed E-state index contributed by atoms with van der Waals surface area (Å²) in [5, 5.41) is 8.79. The second-order valence-corrected chi connectivity index (χ2v) is 8.47. The summed E-state index contributed by atoms with van der Waals surface area (Å²) < 4.78 is 32.5. The van der Waals surface area contributed by atoms with Crippen molar-refractivity contribution in [2.45, 2.75) is 17.1 Å². The highest BCUT2D eigenvalue weighted by Gasteiger charge is 2.42. The molecule has 2 aromatic heterocycles. The number of hydrogen-bond donors (Lipinski definition) is 1. The number of rotatable bonds is 5. The lowest BCUT2D eigenvalue weighted by molar-refractivity contribution is 0.150. The van der Waals surface area contributed by atoms with E-state index in [9.17, 15) is 8.42 Å². The van der Waals surface area contributed by atoms with Crippen molar-refractivity contribution in [1.29, 1.82) is 0 Å². The zero-order valence-electron chi connectivity index (χ0n) is 12.4. The van der Waals surface area contributed by atoms with E-state index in [-0.39, 0.29) is 11.8 Å². The smallest absolute Gasteiger partial charge is 0.252 e. The van der Waals surface area contributed by atoms with Crippen LogP contribution in [-0.2, 0) is 14.8 Å². The normalized spacial score (nSPS) is 23.2. The Hall–Kier alpha value is -1.29. The Bertz CT molecular complexity index is 726. The maximum atomic E-state index is 12.7. The first-order valence-corrected chi connectivity index (χ1v) is 9.26. The Balaban J connectivity index is 1.87. The Morgan fingerprint density at radius 1 is 1.50 bits per heavy atom. The molecule has 120 valence electrons. The van der Waals surface area contributed by atoms with Crippen LogP contribution in [-0.4, -0.2) is 54.7 Å². The first kappa shape index (κ1) is 15.6. The van der Waals surface area contributed by atoms with Crippen LogP contribution in [0.25, 0.3) is 0 Å². The minimum Gasteiger partial charge on any atom is -0.384 e. The monoisotopic (exact) mass is 342 g/mol. The van der Waals surface area contributed by atoms with Gasteiger partial charge in [-0.15, -0.1) is 11.3 Å². The van der Waals surface area contributed by atoms with E-state index in [4.69, 9.17) is 4.74 Å². The van der Waals surface area contributed by atoms with Crippen LogP contribution in [0.4, 0.5) is 0 Å². The van der Waals surface area contributed by atoms with Crippen molar-refractivity contribution in [1.82, 2.24) is 19.5 Å². The van der Waals surface area contributed by atoms with Crippen molar-refractivity contribution in [2.75, 3.05) is 26.8 Å². The average Bonchev–Trinajstić information content (AvgIpc) is 3.17. The van der Waals surface area contributed by atoms with Crippen LogP contribution >= 0.6 is 11.3 Å². The standard InChI is InChI=1S/C13H18N4O3S2/c1-9-14-13(16-15-9)11-7-17(6-10(11)8-20-2)22(18,19)12-4-3-5-21-12/h3-5,10-11H,6-8H2,1-2H3,(H,14,15,16)/t10-,11+/m0/s1. The van der Waals surface area contributed by atoms with E-state index in [2.05, 4.69) is 15.2 Å². The molecule has 0 bridgehead atoms. The van der Waals surface area contributed by atoms with Gasteiger partial charge in [-0.25, -0.2) is 13.4 Å². The molecule has 1 aliphatic rings. The zero-order chi connectivity index (χ0) is 15.7. The molecule has 2 atom stereocenters. The number of sulfonamides is 1. The van der Waals surface area contributed by atoms with E-state index >= 15 is 0 Å². The lowest BCUT2D eigenvalue weighted by atomic mass is 9.96. The summed E-state index contributed by atoms with van der Waals surface area (Å²) in [6, 6.07) is 3.38. The third kappa shape index (κ3) is 2.81. The third-order valence-corrected chi connectivity index (χ3v) is 7.03. The van der Waals surface area contributed by atoms with Gasteiger partial charge in [0.25, 0.3) is 10.0 Å². The highest BCUT2D eigenvalue weighted by atomic mass is 32.2. The van der Waals surface area contributed by atoms with Crippen LogP contribution in [0.1, 0.15) is 17.6 Å². The van der Waals surface area contributed by atoms with E-state index in [0.29, 0.717) is 29.7 Å². The number of nitrogens with one attached hydrogen (secondary N) is 1. The molecule has 1 aliphatic heterocycles. The van der Waals surface area contributed by atoms with Crippen molar-refractivity contribution in [3.05, 3.63) is 29.2 Å². The van der Waals surface area contributed by atoms with Gasteiger partial charge in [-0.05, 0) is 18.4 Å². The van der Waals surface area contributed by atoms with Crippen molar-refractivity contribution in [3.63, 3.8) is 0 Å². The number of aromatic nitrogens is 3. The minimum absolute atomic E-state index is 0.0509. The maximum absolute atomic E-state index is 12.7. The Labute approximate surface area is 133 Å². The highest BCUT2D eigenvalue weighted by molar-refractivity contribution is 7.91. The molecule has 1 N–H and O–H groups in total. The predicted molar refractivity (Wildman–Crippen MR) is 82.3 cm³/mol. The molecule has 3 heterocycles. The van der Waals surface area contributed by atoms with E-state index in [0.717, 1.165) is 5.82 Å². The van der Waals surface area contributed by atoms with E-state index in [1.165, 1.54) is 15.6 Å². The minimum atomic E-state index is -3.45. The van der Waals surface area contributed by atoms with E-state index < -0.39 is 10.0 Å². The van der Waals surface area contributed by atoms with Gasteiger partial charge in [0.2, 0.25) is 0 Å². The summed E-state index contributed by atoms with van der Waals surface area (Å²) in [4.78, 5) is 4.36. The van der Waals surface area contributed by atoms with Crippen LogP contribution < -0.4 is 0 Å². The fourth-order valence-electron chi connectivity index (χ4n) is 2.77. The highest BCUT2D eigenvalue weighted by Crippen LogP contribution is 2.35. The van der Waals surface area contributed by atoms with Crippen LogP contribution in [0, 0.1) is 12.8 Å². The molecular weight excluding hydrogens is 324 g/mol. The van der Waals surface area contributed by atoms with Crippen molar-refractivity contribution in [2.24, 2.45) is 5.92 Å². The fraction of sp³-hybridized carbons (Fsp3) is 0.538. The number of aryl methyl sites for hydroxylation is 1. The SMILES string of the molecule is COC[C@@H]1CN(S(=O)(=O)c2cccs2)C[C@H]1c1n[nH]c(C)n1. The summed E-state index contributed by atoms with van der Waals surface area (Å²) >= 11 is 1.23. The first-order chi connectivity index (χ1) is 10.5. The zero-order valence-corrected chi connectivity index (χ0v) is 14.0. The number of thiophene rings is 1. The third-order valence-electron chi connectivity index (χ3n) is 3.82. The van der Waals surface area contributed by atoms with E-state index in [1.54, 1.807) is 24.6 Å². The molecule has 0 amide bonds. The molecule has 1 fully saturated rings. The number of hydrogen-bond acceptors (Lipinski definition) is 6. The van der Waals surface area contributed by atoms with Gasteiger partial charge in [-0.2, -0.15) is 9.40 Å². The molecule has 3 rings (SSSR count). The molecule has 22 heavy (non-hydrogen) atoms. The molecule has 2 aromatic rings. The van der Waals surface area contributed by atoms with Crippen molar-refractivity contribution in [3.8, 4) is 0 Å². The van der Waals surface area contributed by atoms with Gasteiger partial charge in [-0.3, -0.25) is 5.10 Å². The predicted octanol–water partition coefficient (Wildman–Crippen LogP) is 1.23. The summed E-state index contributed by atoms with van der Waals surface area (Å²) in [5.74, 6) is 1.38. The van der Waals surface area contributed by atoms with Gasteiger partial charge in [0, 0.05) is 32.0 Å². The molecule has 9 heteroatoms. The topological polar surface area (TPSA) is 88.2 Å². The second-order valence-electron chi connectivity index (χ2n) is 5.36. The van der Waals surface area contributed by atoms with Gasteiger partial charge in [0.15, 0.2) is 5.82 Å². The summed E-state index contributed by atoms with van der Waals surface area (Å²) in [7, 11) is -1.83. The molecule has 1 saturated heterocycles. The largest absolute Gasteiger partial charge is 0.384 e. The molecular formula is C13H18N4O3S2. The summed E-state index contributed by atoms with van der Waals surface area (Å²) in [5.41, 5.74) is 0. The van der Waals surface area contributed by atoms with Crippen molar-refractivity contribution >= 4 is 21.4 Å². The van der Waals surface area contributed by atoms with Gasteiger partial charge in [0.1, 0.15) is 10.0 Å². The van der Waals surface area contributed by atoms with Crippen LogP contribution in [0.5, 0.6) is 0 Å². The number of nitrogens with zero attached hydrogens (tertiary/aromatic N) is 3. The maximum Gasteiger partial charge on any atom is 0.252 e. The molecule has 0 aliphatic carbocycles. The van der Waals surface area contributed by atoms with Crippen LogP contribution in [0.15, 0.2) is 21.7 Å². The molecule has 0 unspecified atom stereocenters. The van der Waals surface area contributed by atoms with E-state index in [1.807, 2.05) is 6.92 Å².